The van der Waals surface area contributed by atoms with Crippen molar-refractivity contribution in [2.24, 2.45) is 5.92 Å². The molecule has 0 fully saturated rings. The molecular weight excluding hydrogens is 368 g/mol. The van der Waals surface area contributed by atoms with Crippen molar-refractivity contribution in [3.05, 3.63) is 63.8 Å². The summed E-state index contributed by atoms with van der Waals surface area (Å²) in [6.45, 7) is 3.53. The molecule has 2 aromatic heterocycles. The van der Waals surface area contributed by atoms with Gasteiger partial charge in [0.05, 0.1) is 5.39 Å². The van der Waals surface area contributed by atoms with Gasteiger partial charge in [-0.3, -0.25) is 19.0 Å². The van der Waals surface area contributed by atoms with Crippen molar-refractivity contribution in [2.45, 2.75) is 39.7 Å². The molecule has 1 aliphatic rings. The Morgan fingerprint density at radius 3 is 2.72 bits per heavy atom. The van der Waals surface area contributed by atoms with Gasteiger partial charge in [-0.2, -0.15) is 0 Å². The highest BCUT2D eigenvalue weighted by molar-refractivity contribution is 5.95. The minimum Gasteiger partial charge on any atom is -0.325 e. The van der Waals surface area contributed by atoms with Crippen LogP contribution in [0.15, 0.2) is 41.5 Å². The summed E-state index contributed by atoms with van der Waals surface area (Å²) in [4.78, 5) is 45.5. The predicted molar refractivity (Wildman–Crippen MR) is 110 cm³/mol. The molecule has 0 bridgehead atoms. The molecule has 0 unspecified atom stereocenters. The van der Waals surface area contributed by atoms with Crippen LogP contribution in [0, 0.1) is 5.92 Å². The summed E-state index contributed by atoms with van der Waals surface area (Å²) >= 11 is 0. The standard InChI is InChI=1S/C22H22N4O3/c1-13-3-8-19-16(9-13)10-18-21(25-19)23-12-26(22(18)29)11-20(28)24-17-6-4-15(5-7-17)14(2)27/h4-7,10,12-13H,3,8-9,11H2,1-2H3,(H,24,28)/t13-/m1/s1. The number of carbonyl (C=O) groups is 2. The summed E-state index contributed by atoms with van der Waals surface area (Å²) in [6.07, 6.45) is 4.27. The summed E-state index contributed by atoms with van der Waals surface area (Å²) in [5, 5.41) is 3.18. The van der Waals surface area contributed by atoms with Crippen LogP contribution in [-0.2, 0) is 24.2 Å². The number of nitrogens with zero attached hydrogens (tertiary/aromatic N) is 3. The number of hydrogen-bond donors (Lipinski definition) is 1. The van der Waals surface area contributed by atoms with Crippen molar-refractivity contribution < 1.29 is 9.59 Å². The maximum atomic E-state index is 12.9. The van der Waals surface area contributed by atoms with Gasteiger partial charge < -0.3 is 5.32 Å². The number of fused-ring (bicyclic) bond motifs is 2. The Hall–Kier alpha value is -3.35. The SMILES string of the molecule is CC(=O)c1ccc(NC(=O)Cn2cnc3nc4c(cc3c2=O)C[C@H](C)CC4)cc1. The lowest BCUT2D eigenvalue weighted by atomic mass is 9.87. The van der Waals surface area contributed by atoms with Crippen LogP contribution in [0.4, 0.5) is 5.69 Å². The largest absolute Gasteiger partial charge is 0.325 e. The topological polar surface area (TPSA) is 93.9 Å². The highest BCUT2D eigenvalue weighted by atomic mass is 16.2. The molecule has 1 atom stereocenters. The number of anilines is 1. The number of pyridine rings is 1. The van der Waals surface area contributed by atoms with E-state index in [1.165, 1.54) is 17.8 Å². The van der Waals surface area contributed by atoms with Crippen LogP contribution in [0.5, 0.6) is 0 Å². The number of Topliss-reactive ketones (excluding diaryl/α,β-unsaturated/α-hetero) is 1. The van der Waals surface area contributed by atoms with E-state index in [0.29, 0.717) is 28.2 Å². The monoisotopic (exact) mass is 390 g/mol. The van der Waals surface area contributed by atoms with E-state index in [0.717, 1.165) is 30.5 Å². The van der Waals surface area contributed by atoms with Gasteiger partial charge in [0.2, 0.25) is 5.91 Å². The molecule has 0 spiro atoms. The molecule has 1 aliphatic carbocycles. The van der Waals surface area contributed by atoms with E-state index in [2.05, 4.69) is 22.2 Å². The van der Waals surface area contributed by atoms with Crippen molar-refractivity contribution in [1.29, 1.82) is 0 Å². The number of hydrogen-bond acceptors (Lipinski definition) is 5. The Bertz CT molecular complexity index is 1170. The van der Waals surface area contributed by atoms with Crippen molar-refractivity contribution in [3.8, 4) is 0 Å². The van der Waals surface area contributed by atoms with Crippen LogP contribution in [0.25, 0.3) is 11.0 Å². The number of aromatic nitrogens is 3. The third-order valence-electron chi connectivity index (χ3n) is 5.31. The van der Waals surface area contributed by atoms with Crippen LogP contribution in [0.2, 0.25) is 0 Å². The molecule has 2 heterocycles. The van der Waals surface area contributed by atoms with Crippen LogP contribution in [0.1, 0.15) is 41.9 Å². The molecule has 3 aromatic rings. The molecule has 1 amide bonds. The number of rotatable bonds is 4. The summed E-state index contributed by atoms with van der Waals surface area (Å²) < 4.78 is 1.29. The van der Waals surface area contributed by atoms with Crippen molar-refractivity contribution in [3.63, 3.8) is 0 Å². The Balaban J connectivity index is 1.56. The molecule has 0 radical (unpaired) electrons. The number of ketones is 1. The minimum absolute atomic E-state index is 0.0399. The first-order valence-electron chi connectivity index (χ1n) is 9.69. The smallest absolute Gasteiger partial charge is 0.263 e. The molecule has 7 nitrogen and oxygen atoms in total. The molecule has 0 saturated heterocycles. The normalized spacial score (nSPS) is 15.7. The van der Waals surface area contributed by atoms with E-state index in [-0.39, 0.29) is 23.8 Å². The summed E-state index contributed by atoms with van der Waals surface area (Å²) in [5.74, 6) is 0.186. The van der Waals surface area contributed by atoms with E-state index in [9.17, 15) is 14.4 Å². The third kappa shape index (κ3) is 3.94. The molecule has 148 valence electrons. The fourth-order valence-corrected chi connectivity index (χ4v) is 3.68. The second-order valence-corrected chi connectivity index (χ2v) is 7.67. The van der Waals surface area contributed by atoms with Crippen LogP contribution >= 0.6 is 0 Å². The van der Waals surface area contributed by atoms with Gasteiger partial charge in [0.1, 0.15) is 12.9 Å². The number of amides is 1. The summed E-state index contributed by atoms with van der Waals surface area (Å²) in [6, 6.07) is 8.51. The third-order valence-corrected chi connectivity index (χ3v) is 5.31. The van der Waals surface area contributed by atoms with Crippen molar-refractivity contribution in [1.82, 2.24) is 14.5 Å². The second kappa shape index (κ2) is 7.58. The first kappa shape index (κ1) is 19.0. The zero-order chi connectivity index (χ0) is 20.5. The lowest BCUT2D eigenvalue weighted by Gasteiger charge is -2.20. The number of carbonyl (C=O) groups excluding carboxylic acids is 2. The van der Waals surface area contributed by atoms with E-state index in [1.54, 1.807) is 24.3 Å². The van der Waals surface area contributed by atoms with Gasteiger partial charge in [-0.15, -0.1) is 0 Å². The van der Waals surface area contributed by atoms with Gasteiger partial charge in [-0.05, 0) is 68.0 Å². The molecule has 1 N–H and O–H groups in total. The average molecular weight is 390 g/mol. The fourth-order valence-electron chi connectivity index (χ4n) is 3.68. The van der Waals surface area contributed by atoms with Gasteiger partial charge in [0.25, 0.3) is 5.56 Å². The first-order chi connectivity index (χ1) is 13.9. The molecule has 0 aliphatic heterocycles. The van der Waals surface area contributed by atoms with E-state index in [1.807, 2.05) is 6.07 Å². The number of aryl methyl sites for hydroxylation is 1. The highest BCUT2D eigenvalue weighted by Crippen LogP contribution is 2.25. The Morgan fingerprint density at radius 1 is 1.24 bits per heavy atom. The van der Waals surface area contributed by atoms with Crippen LogP contribution in [-0.4, -0.2) is 26.2 Å². The maximum Gasteiger partial charge on any atom is 0.263 e. The minimum atomic E-state index is -0.344. The van der Waals surface area contributed by atoms with Crippen LogP contribution < -0.4 is 10.9 Å². The number of nitrogens with one attached hydrogen (secondary N) is 1. The molecule has 1 aromatic carbocycles. The lowest BCUT2D eigenvalue weighted by molar-refractivity contribution is -0.116. The van der Waals surface area contributed by atoms with Crippen molar-refractivity contribution in [2.75, 3.05) is 5.32 Å². The van der Waals surface area contributed by atoms with Gasteiger partial charge in [0, 0.05) is 16.9 Å². The zero-order valence-electron chi connectivity index (χ0n) is 16.4. The van der Waals surface area contributed by atoms with E-state index in [4.69, 9.17) is 0 Å². The average Bonchev–Trinajstić information content (AvgIpc) is 2.69. The Kier molecular flexibility index (Phi) is 4.96. The second-order valence-electron chi connectivity index (χ2n) is 7.67. The molecule has 0 saturated carbocycles. The lowest BCUT2D eigenvalue weighted by Crippen LogP contribution is -2.28. The maximum absolute atomic E-state index is 12.9. The van der Waals surface area contributed by atoms with Gasteiger partial charge >= 0.3 is 0 Å². The molecule has 29 heavy (non-hydrogen) atoms. The predicted octanol–water partition coefficient (Wildman–Crippen LogP) is 2.76. The molecule has 4 rings (SSSR count). The Labute approximate surface area is 167 Å². The quantitative estimate of drug-likeness (QED) is 0.692. The van der Waals surface area contributed by atoms with E-state index >= 15 is 0 Å². The molecule has 7 heteroatoms. The first-order valence-corrected chi connectivity index (χ1v) is 9.69. The number of benzene rings is 1. The fraction of sp³-hybridized carbons (Fsp3) is 0.318. The van der Waals surface area contributed by atoms with Gasteiger partial charge in [0.15, 0.2) is 11.4 Å². The molecular formula is C22H22N4O3. The van der Waals surface area contributed by atoms with Gasteiger partial charge in [-0.1, -0.05) is 6.92 Å². The summed E-state index contributed by atoms with van der Waals surface area (Å²) in [7, 11) is 0. The van der Waals surface area contributed by atoms with E-state index < -0.39 is 0 Å². The summed E-state index contributed by atoms with van der Waals surface area (Å²) in [5.41, 5.74) is 3.41. The Morgan fingerprint density at radius 2 is 2.00 bits per heavy atom. The highest BCUT2D eigenvalue weighted by Gasteiger charge is 2.19. The van der Waals surface area contributed by atoms with Crippen LogP contribution in [0.3, 0.4) is 0 Å². The zero-order valence-corrected chi connectivity index (χ0v) is 16.4. The van der Waals surface area contributed by atoms with Gasteiger partial charge in [-0.25, -0.2) is 9.97 Å². The van der Waals surface area contributed by atoms with Crippen molar-refractivity contribution >= 4 is 28.4 Å².